The van der Waals surface area contributed by atoms with Gasteiger partial charge in [0.05, 0.1) is 12.4 Å². The van der Waals surface area contributed by atoms with Crippen LogP contribution in [0.4, 0.5) is 5.82 Å². The molecule has 1 aromatic heterocycles. The van der Waals surface area contributed by atoms with Crippen molar-refractivity contribution in [2.45, 2.75) is 33.1 Å². The second kappa shape index (κ2) is 6.69. The molecule has 0 fully saturated rings. The van der Waals surface area contributed by atoms with Crippen LogP contribution in [-0.4, -0.2) is 27.6 Å². The lowest BCUT2D eigenvalue weighted by atomic mass is 9.84. The van der Waals surface area contributed by atoms with Gasteiger partial charge in [-0.2, -0.15) is 5.26 Å². The van der Waals surface area contributed by atoms with Crippen molar-refractivity contribution in [3.05, 3.63) is 18.1 Å². The second-order valence-corrected chi connectivity index (χ2v) is 5.13. The number of rotatable bonds is 7. The number of carboxylic acids is 1. The average molecular weight is 262 g/mol. The SMILES string of the molecule is CC(C)(CCNc1cnc(C#N)cn1)CCC(=O)O. The van der Waals surface area contributed by atoms with Crippen molar-refractivity contribution in [1.82, 2.24) is 9.97 Å². The molecule has 0 bridgehead atoms. The van der Waals surface area contributed by atoms with Gasteiger partial charge in [0.15, 0.2) is 5.69 Å². The lowest BCUT2D eigenvalue weighted by Gasteiger charge is -2.23. The zero-order valence-electron chi connectivity index (χ0n) is 11.2. The Morgan fingerprint density at radius 1 is 1.42 bits per heavy atom. The van der Waals surface area contributed by atoms with Gasteiger partial charge in [-0.25, -0.2) is 9.97 Å². The van der Waals surface area contributed by atoms with Crippen LogP contribution in [0.1, 0.15) is 38.8 Å². The summed E-state index contributed by atoms with van der Waals surface area (Å²) < 4.78 is 0. The van der Waals surface area contributed by atoms with E-state index in [9.17, 15) is 4.79 Å². The fourth-order valence-corrected chi connectivity index (χ4v) is 1.58. The van der Waals surface area contributed by atoms with Gasteiger partial charge in [-0.1, -0.05) is 13.8 Å². The Balaban J connectivity index is 2.36. The predicted octanol–water partition coefficient (Wildman–Crippen LogP) is 2.04. The minimum atomic E-state index is -0.765. The van der Waals surface area contributed by atoms with Crippen LogP contribution in [-0.2, 0) is 4.79 Å². The molecule has 0 aliphatic rings. The Labute approximate surface area is 112 Å². The van der Waals surface area contributed by atoms with E-state index in [-0.39, 0.29) is 17.5 Å². The second-order valence-electron chi connectivity index (χ2n) is 5.13. The number of nitrogens with one attached hydrogen (secondary N) is 1. The molecular weight excluding hydrogens is 244 g/mol. The number of hydrogen-bond donors (Lipinski definition) is 2. The number of aliphatic carboxylic acids is 1. The molecule has 2 N–H and O–H groups in total. The van der Waals surface area contributed by atoms with E-state index in [0.717, 1.165) is 6.42 Å². The highest BCUT2D eigenvalue weighted by Crippen LogP contribution is 2.26. The smallest absolute Gasteiger partial charge is 0.303 e. The summed E-state index contributed by atoms with van der Waals surface area (Å²) in [5.74, 6) is -0.146. The number of hydrogen-bond acceptors (Lipinski definition) is 5. The molecule has 0 aliphatic carbocycles. The van der Waals surface area contributed by atoms with E-state index in [1.807, 2.05) is 19.9 Å². The molecule has 102 valence electrons. The molecule has 1 heterocycles. The standard InChI is InChI=1S/C13H18N4O2/c1-13(2,4-3-12(18)19)5-6-15-11-9-16-10(7-14)8-17-11/h8-9H,3-6H2,1-2H3,(H,15,17)(H,18,19). The molecule has 6 nitrogen and oxygen atoms in total. The van der Waals surface area contributed by atoms with Crippen LogP contribution < -0.4 is 5.32 Å². The van der Waals surface area contributed by atoms with Gasteiger partial charge >= 0.3 is 5.97 Å². The zero-order chi connectivity index (χ0) is 14.3. The zero-order valence-corrected chi connectivity index (χ0v) is 11.2. The van der Waals surface area contributed by atoms with Crippen molar-refractivity contribution in [3.8, 4) is 6.07 Å². The molecule has 0 saturated heterocycles. The van der Waals surface area contributed by atoms with Crippen molar-refractivity contribution >= 4 is 11.8 Å². The molecule has 0 unspecified atom stereocenters. The van der Waals surface area contributed by atoms with Crippen LogP contribution in [0.5, 0.6) is 0 Å². The first-order chi connectivity index (χ1) is 8.93. The van der Waals surface area contributed by atoms with Gasteiger partial charge < -0.3 is 10.4 Å². The third-order valence-electron chi connectivity index (χ3n) is 2.89. The number of anilines is 1. The summed E-state index contributed by atoms with van der Waals surface area (Å²) in [5, 5.41) is 20.4. The minimum Gasteiger partial charge on any atom is -0.481 e. The van der Waals surface area contributed by atoms with Gasteiger partial charge in [0.25, 0.3) is 0 Å². The molecule has 0 radical (unpaired) electrons. The maximum atomic E-state index is 10.5. The molecule has 0 saturated carbocycles. The predicted molar refractivity (Wildman–Crippen MR) is 70.5 cm³/mol. The summed E-state index contributed by atoms with van der Waals surface area (Å²) in [5.41, 5.74) is 0.248. The number of carbonyl (C=O) groups is 1. The molecular formula is C13H18N4O2. The van der Waals surface area contributed by atoms with Gasteiger partial charge in [0.2, 0.25) is 0 Å². The maximum absolute atomic E-state index is 10.5. The molecule has 0 aromatic carbocycles. The first kappa shape index (κ1) is 14.9. The summed E-state index contributed by atoms with van der Waals surface area (Å²) in [6.45, 7) is 4.78. The lowest BCUT2D eigenvalue weighted by molar-refractivity contribution is -0.137. The molecule has 0 spiro atoms. The van der Waals surface area contributed by atoms with Crippen molar-refractivity contribution in [2.24, 2.45) is 5.41 Å². The minimum absolute atomic E-state index is 0.0363. The van der Waals surface area contributed by atoms with E-state index in [0.29, 0.717) is 18.8 Å². The van der Waals surface area contributed by atoms with Crippen LogP contribution >= 0.6 is 0 Å². The largest absolute Gasteiger partial charge is 0.481 e. The summed E-state index contributed by atoms with van der Waals surface area (Å²) in [7, 11) is 0. The normalized spacial score (nSPS) is 10.8. The van der Waals surface area contributed by atoms with Crippen LogP contribution in [0.2, 0.25) is 0 Å². The van der Waals surface area contributed by atoms with Gasteiger partial charge in [0.1, 0.15) is 11.9 Å². The monoisotopic (exact) mass is 262 g/mol. The number of carboxylic acid groups (broad SMARTS) is 1. The van der Waals surface area contributed by atoms with Crippen molar-refractivity contribution in [3.63, 3.8) is 0 Å². The Kier molecular flexibility index (Phi) is 5.24. The van der Waals surface area contributed by atoms with E-state index in [4.69, 9.17) is 10.4 Å². The van der Waals surface area contributed by atoms with Crippen LogP contribution in [0.15, 0.2) is 12.4 Å². The van der Waals surface area contributed by atoms with Crippen LogP contribution in [0.25, 0.3) is 0 Å². The first-order valence-electron chi connectivity index (χ1n) is 6.11. The summed E-state index contributed by atoms with van der Waals surface area (Å²) in [4.78, 5) is 18.5. The highest BCUT2D eigenvalue weighted by atomic mass is 16.4. The van der Waals surface area contributed by atoms with E-state index >= 15 is 0 Å². The first-order valence-corrected chi connectivity index (χ1v) is 6.11. The van der Waals surface area contributed by atoms with Crippen LogP contribution in [0, 0.1) is 16.7 Å². The molecule has 1 aromatic rings. The van der Waals surface area contributed by atoms with Crippen molar-refractivity contribution in [2.75, 3.05) is 11.9 Å². The molecule has 19 heavy (non-hydrogen) atoms. The number of aromatic nitrogens is 2. The van der Waals surface area contributed by atoms with E-state index in [1.165, 1.54) is 12.4 Å². The highest BCUT2D eigenvalue weighted by Gasteiger charge is 2.18. The quantitative estimate of drug-likeness (QED) is 0.780. The topological polar surface area (TPSA) is 98.9 Å². The number of nitrogens with zero attached hydrogens (tertiary/aromatic N) is 3. The van der Waals surface area contributed by atoms with Gasteiger partial charge in [-0.05, 0) is 18.3 Å². The van der Waals surface area contributed by atoms with Crippen LogP contribution in [0.3, 0.4) is 0 Å². The molecule has 0 amide bonds. The third kappa shape index (κ3) is 5.82. The molecule has 6 heteroatoms. The highest BCUT2D eigenvalue weighted by molar-refractivity contribution is 5.66. The Morgan fingerprint density at radius 2 is 2.16 bits per heavy atom. The lowest BCUT2D eigenvalue weighted by Crippen LogP contribution is -2.18. The van der Waals surface area contributed by atoms with E-state index < -0.39 is 5.97 Å². The average Bonchev–Trinajstić information content (AvgIpc) is 2.37. The molecule has 0 atom stereocenters. The van der Waals surface area contributed by atoms with Gasteiger partial charge in [-0.15, -0.1) is 0 Å². The summed E-state index contributed by atoms with van der Waals surface area (Å²) in [6.07, 6.45) is 4.59. The third-order valence-corrected chi connectivity index (χ3v) is 2.89. The van der Waals surface area contributed by atoms with Crippen molar-refractivity contribution < 1.29 is 9.90 Å². The summed E-state index contributed by atoms with van der Waals surface area (Å²) >= 11 is 0. The Morgan fingerprint density at radius 3 is 2.68 bits per heavy atom. The molecule has 0 aliphatic heterocycles. The molecule has 1 rings (SSSR count). The fourth-order valence-electron chi connectivity index (χ4n) is 1.58. The van der Waals surface area contributed by atoms with Gasteiger partial charge in [-0.3, -0.25) is 4.79 Å². The Hall–Kier alpha value is -2.16. The van der Waals surface area contributed by atoms with E-state index in [1.54, 1.807) is 0 Å². The van der Waals surface area contributed by atoms with E-state index in [2.05, 4.69) is 15.3 Å². The fraction of sp³-hybridized carbons (Fsp3) is 0.538. The van der Waals surface area contributed by atoms with Crippen molar-refractivity contribution in [1.29, 1.82) is 5.26 Å². The summed E-state index contributed by atoms with van der Waals surface area (Å²) in [6, 6.07) is 1.90. The number of nitriles is 1. The Bertz CT molecular complexity index is 463. The maximum Gasteiger partial charge on any atom is 0.303 e. The van der Waals surface area contributed by atoms with Gasteiger partial charge in [0, 0.05) is 13.0 Å².